The average Bonchev–Trinajstić information content (AvgIpc) is 2.68. The van der Waals surface area contributed by atoms with Crippen molar-refractivity contribution in [3.63, 3.8) is 0 Å². The molecule has 0 fully saturated rings. The van der Waals surface area contributed by atoms with Gasteiger partial charge in [0.1, 0.15) is 0 Å². The summed E-state index contributed by atoms with van der Waals surface area (Å²) in [6, 6.07) is 0.162. The zero-order chi connectivity index (χ0) is 17.2. The Labute approximate surface area is 141 Å². The van der Waals surface area contributed by atoms with Crippen LogP contribution in [0.1, 0.15) is 27.2 Å². The van der Waals surface area contributed by atoms with Gasteiger partial charge in [-0.15, -0.1) is 0 Å². The Morgan fingerprint density at radius 2 is 2.04 bits per heavy atom. The lowest BCUT2D eigenvalue weighted by molar-refractivity contribution is 0.379. The van der Waals surface area contributed by atoms with Gasteiger partial charge in [0.25, 0.3) is 0 Å². The second-order valence-electron chi connectivity index (χ2n) is 6.04. The van der Waals surface area contributed by atoms with Crippen molar-refractivity contribution in [1.82, 2.24) is 0 Å². The van der Waals surface area contributed by atoms with E-state index in [1.54, 1.807) is 6.08 Å². The minimum Gasteiger partial charge on any atom is -0.297 e. The van der Waals surface area contributed by atoms with E-state index in [2.05, 4.69) is 74.4 Å². The highest BCUT2D eigenvalue weighted by Crippen LogP contribution is 2.33. The first-order valence-corrected chi connectivity index (χ1v) is 8.29. The number of rotatable bonds is 6. The van der Waals surface area contributed by atoms with Gasteiger partial charge in [0.2, 0.25) is 0 Å². The summed E-state index contributed by atoms with van der Waals surface area (Å²) in [4.78, 5) is 8.98. The molecule has 0 aromatic rings. The van der Waals surface area contributed by atoms with Gasteiger partial charge in [-0.05, 0) is 25.1 Å². The second kappa shape index (κ2) is 9.94. The van der Waals surface area contributed by atoms with Gasteiger partial charge in [-0.25, -0.2) is 0 Å². The lowest BCUT2D eigenvalue weighted by Gasteiger charge is -2.28. The highest BCUT2D eigenvalue weighted by Gasteiger charge is 2.33. The lowest BCUT2D eigenvalue weighted by Crippen LogP contribution is -2.31. The van der Waals surface area contributed by atoms with Crippen molar-refractivity contribution in [3.8, 4) is 0 Å². The molecule has 0 spiro atoms. The molecule has 1 aliphatic carbocycles. The van der Waals surface area contributed by atoms with Crippen molar-refractivity contribution < 1.29 is 0 Å². The molecule has 23 heavy (non-hydrogen) atoms. The average molecular weight is 310 g/mol. The van der Waals surface area contributed by atoms with Gasteiger partial charge in [-0.2, -0.15) is 0 Å². The molecule has 4 unspecified atom stereocenters. The van der Waals surface area contributed by atoms with Gasteiger partial charge < -0.3 is 0 Å². The molecule has 0 heterocycles. The summed E-state index contributed by atoms with van der Waals surface area (Å²) in [5.74, 6) is 1.06. The maximum Gasteiger partial charge on any atom is 0.0638 e. The van der Waals surface area contributed by atoms with Gasteiger partial charge in [-0.3, -0.25) is 9.98 Å². The monoisotopic (exact) mass is 310 g/mol. The summed E-state index contributed by atoms with van der Waals surface area (Å²) in [5.41, 5.74) is 2.49. The molecule has 1 aliphatic rings. The van der Waals surface area contributed by atoms with Gasteiger partial charge in [0, 0.05) is 31.0 Å². The quantitative estimate of drug-likeness (QED) is 0.365. The summed E-state index contributed by atoms with van der Waals surface area (Å²) >= 11 is 0. The van der Waals surface area contributed by atoms with Gasteiger partial charge in [-0.1, -0.05) is 69.0 Å². The molecule has 0 radical (unpaired) electrons. The van der Waals surface area contributed by atoms with Crippen molar-refractivity contribution in [2.45, 2.75) is 33.2 Å². The smallest absolute Gasteiger partial charge is 0.0638 e. The summed E-state index contributed by atoms with van der Waals surface area (Å²) < 4.78 is 0. The van der Waals surface area contributed by atoms with E-state index >= 15 is 0 Å². The molecule has 0 aliphatic heterocycles. The molecule has 0 aromatic heterocycles. The van der Waals surface area contributed by atoms with Crippen LogP contribution in [0.5, 0.6) is 0 Å². The van der Waals surface area contributed by atoms with Crippen molar-refractivity contribution >= 4 is 12.4 Å². The van der Waals surface area contributed by atoms with E-state index < -0.39 is 0 Å². The minimum absolute atomic E-state index is 0.162. The standard InChI is InChI=1S/C21H30N2/c1-7-9-10-11-13-18-14-19(16(3)12-8-2)21(23-6)17(4)20(15-18)22-5/h7-14,16-17,19,21H,1,6,15H2,2-5H3/b10-9-,12-8-,13-11+,22-20?. The van der Waals surface area contributed by atoms with Gasteiger partial charge in [0.05, 0.1) is 6.04 Å². The van der Waals surface area contributed by atoms with Crippen LogP contribution >= 0.6 is 0 Å². The molecule has 2 nitrogen and oxygen atoms in total. The number of hydrogen-bond donors (Lipinski definition) is 0. The predicted octanol–water partition coefficient (Wildman–Crippen LogP) is 5.22. The molecule has 4 atom stereocenters. The Hall–Kier alpha value is -1.96. The molecule has 0 saturated carbocycles. The lowest BCUT2D eigenvalue weighted by atomic mass is 9.81. The van der Waals surface area contributed by atoms with Gasteiger partial charge >= 0.3 is 0 Å². The third-order valence-electron chi connectivity index (χ3n) is 4.49. The molecule has 0 amide bonds. The zero-order valence-corrected chi connectivity index (χ0v) is 14.9. The van der Waals surface area contributed by atoms with Crippen LogP contribution in [0.15, 0.2) is 70.7 Å². The fourth-order valence-electron chi connectivity index (χ4n) is 3.20. The van der Waals surface area contributed by atoms with Crippen LogP contribution < -0.4 is 0 Å². The Kier molecular flexibility index (Phi) is 8.25. The third-order valence-corrected chi connectivity index (χ3v) is 4.49. The van der Waals surface area contributed by atoms with Crippen LogP contribution in [-0.4, -0.2) is 25.5 Å². The van der Waals surface area contributed by atoms with E-state index in [-0.39, 0.29) is 6.04 Å². The largest absolute Gasteiger partial charge is 0.297 e. The highest BCUT2D eigenvalue weighted by molar-refractivity contribution is 5.90. The normalized spacial score (nSPS) is 29.1. The molecule has 0 bridgehead atoms. The first-order valence-electron chi connectivity index (χ1n) is 8.29. The molecule has 0 aromatic carbocycles. The van der Waals surface area contributed by atoms with Crippen LogP contribution in [0.3, 0.4) is 0 Å². The van der Waals surface area contributed by atoms with Crippen LogP contribution in [0, 0.1) is 17.8 Å². The van der Waals surface area contributed by atoms with Crippen molar-refractivity contribution in [3.05, 3.63) is 60.8 Å². The summed E-state index contributed by atoms with van der Waals surface area (Å²) in [5, 5.41) is 0. The summed E-state index contributed by atoms with van der Waals surface area (Å²) in [7, 11) is 1.88. The maximum absolute atomic E-state index is 4.52. The highest BCUT2D eigenvalue weighted by atomic mass is 14.8. The van der Waals surface area contributed by atoms with E-state index in [1.807, 2.05) is 19.2 Å². The Bertz CT molecular complexity index is 546. The van der Waals surface area contributed by atoms with Crippen LogP contribution in [0.2, 0.25) is 0 Å². The Morgan fingerprint density at radius 1 is 1.30 bits per heavy atom. The van der Waals surface area contributed by atoms with Crippen LogP contribution in [0.4, 0.5) is 0 Å². The SMILES string of the molecule is C=C/C=C\C=C\C1=CC(C(C)/C=C\C)C(N=C)C(C)C(=NC)C1. The fraction of sp³-hybridized carbons (Fsp3) is 0.429. The molecule has 0 saturated heterocycles. The van der Waals surface area contributed by atoms with Crippen molar-refractivity contribution in [2.75, 3.05) is 7.05 Å². The van der Waals surface area contributed by atoms with Gasteiger partial charge in [0.15, 0.2) is 0 Å². The third kappa shape index (κ3) is 5.31. The Morgan fingerprint density at radius 3 is 2.61 bits per heavy atom. The fourth-order valence-corrected chi connectivity index (χ4v) is 3.20. The number of allylic oxidation sites excluding steroid dienone is 8. The van der Waals surface area contributed by atoms with E-state index in [9.17, 15) is 0 Å². The number of hydrogen-bond acceptors (Lipinski definition) is 2. The number of nitrogens with zero attached hydrogens (tertiary/aromatic N) is 2. The van der Waals surface area contributed by atoms with Crippen molar-refractivity contribution in [1.29, 1.82) is 0 Å². The van der Waals surface area contributed by atoms with Crippen molar-refractivity contribution in [2.24, 2.45) is 27.7 Å². The maximum atomic E-state index is 4.52. The molecule has 1 rings (SSSR count). The predicted molar refractivity (Wildman–Crippen MR) is 105 cm³/mol. The van der Waals surface area contributed by atoms with E-state index in [0.717, 1.165) is 6.42 Å². The molecular formula is C21H30N2. The second-order valence-corrected chi connectivity index (χ2v) is 6.04. The molecular weight excluding hydrogens is 280 g/mol. The molecule has 0 N–H and O–H groups in total. The van der Waals surface area contributed by atoms with Crippen LogP contribution in [0.25, 0.3) is 0 Å². The molecule has 124 valence electrons. The first-order chi connectivity index (χ1) is 11.1. The van der Waals surface area contributed by atoms with E-state index in [1.165, 1.54) is 11.3 Å². The topological polar surface area (TPSA) is 24.7 Å². The number of aliphatic imine (C=N–C) groups is 2. The zero-order valence-electron chi connectivity index (χ0n) is 14.9. The first kappa shape index (κ1) is 19.1. The summed E-state index contributed by atoms with van der Waals surface area (Å²) in [6.45, 7) is 14.1. The minimum atomic E-state index is 0.162. The Balaban J connectivity index is 3.24. The summed E-state index contributed by atoms with van der Waals surface area (Å²) in [6.07, 6.45) is 17.5. The molecule has 2 heteroatoms. The van der Waals surface area contributed by atoms with Crippen LogP contribution in [-0.2, 0) is 0 Å². The van der Waals surface area contributed by atoms with E-state index in [0.29, 0.717) is 17.8 Å². The van der Waals surface area contributed by atoms with E-state index in [4.69, 9.17) is 0 Å².